The molecule has 1 saturated heterocycles. The number of nitrogens with zero attached hydrogens (tertiary/aromatic N) is 2. The molecule has 0 aliphatic carbocycles. The average molecular weight is 396 g/mol. The molecule has 0 aromatic heterocycles. The highest BCUT2D eigenvalue weighted by molar-refractivity contribution is 14.1. The smallest absolute Gasteiger partial charge is 0.0627 e. The van der Waals surface area contributed by atoms with Gasteiger partial charge in [0, 0.05) is 16.5 Å². The highest BCUT2D eigenvalue weighted by Crippen LogP contribution is 2.49. The van der Waals surface area contributed by atoms with E-state index in [-0.39, 0.29) is 10.8 Å². The van der Waals surface area contributed by atoms with Crippen LogP contribution in [0.1, 0.15) is 45.6 Å². The van der Waals surface area contributed by atoms with Gasteiger partial charge in [-0.1, -0.05) is 32.9 Å². The molecule has 0 spiro atoms. The molecule has 3 heteroatoms. The van der Waals surface area contributed by atoms with Crippen LogP contribution >= 0.6 is 22.6 Å². The van der Waals surface area contributed by atoms with Gasteiger partial charge in [-0.3, -0.25) is 4.90 Å². The first-order valence-electron chi connectivity index (χ1n) is 7.70. The molecule has 0 amide bonds. The second kappa shape index (κ2) is 6.66. The molecule has 0 saturated carbocycles. The first-order chi connectivity index (χ1) is 9.86. The van der Waals surface area contributed by atoms with Crippen LogP contribution in [-0.4, -0.2) is 18.0 Å². The zero-order valence-electron chi connectivity index (χ0n) is 13.3. The van der Waals surface area contributed by atoms with Gasteiger partial charge in [-0.25, -0.2) is 0 Å². The highest BCUT2D eigenvalue weighted by Gasteiger charge is 2.43. The van der Waals surface area contributed by atoms with Crippen molar-refractivity contribution in [2.24, 2.45) is 10.8 Å². The molecule has 1 aromatic carbocycles. The summed E-state index contributed by atoms with van der Waals surface area (Å²) in [7, 11) is 0. The van der Waals surface area contributed by atoms with Crippen molar-refractivity contribution in [1.29, 1.82) is 5.26 Å². The van der Waals surface area contributed by atoms with E-state index in [1.54, 1.807) is 0 Å². The van der Waals surface area contributed by atoms with Gasteiger partial charge < -0.3 is 0 Å². The average Bonchev–Trinajstić information content (AvgIpc) is 2.43. The number of hydrogen-bond donors (Lipinski definition) is 0. The van der Waals surface area contributed by atoms with E-state index >= 15 is 0 Å². The molecule has 2 rings (SSSR count). The quantitative estimate of drug-likeness (QED) is 0.685. The van der Waals surface area contributed by atoms with Gasteiger partial charge in [-0.05, 0) is 77.0 Å². The van der Waals surface area contributed by atoms with Crippen LogP contribution in [-0.2, 0) is 6.54 Å². The van der Waals surface area contributed by atoms with E-state index in [0.717, 1.165) is 32.5 Å². The second-order valence-corrected chi connectivity index (χ2v) is 8.51. The summed E-state index contributed by atoms with van der Waals surface area (Å²) < 4.78 is 1.29. The number of benzene rings is 1. The van der Waals surface area contributed by atoms with Gasteiger partial charge in [0.25, 0.3) is 0 Å². The number of likely N-dealkylation sites (tertiary alicyclic amines) is 1. The minimum Gasteiger partial charge on any atom is -0.299 e. The molecule has 21 heavy (non-hydrogen) atoms. The third kappa shape index (κ3) is 3.98. The number of nitriles is 1. The molecule has 1 aromatic rings. The van der Waals surface area contributed by atoms with Crippen LogP contribution in [0, 0.1) is 25.7 Å². The second-order valence-electron chi connectivity index (χ2n) is 7.27. The fourth-order valence-electron chi connectivity index (χ4n) is 3.33. The van der Waals surface area contributed by atoms with Crippen LogP contribution in [0.3, 0.4) is 0 Å². The van der Waals surface area contributed by atoms with Crippen molar-refractivity contribution in [3.63, 3.8) is 0 Å². The van der Waals surface area contributed by atoms with Crippen molar-refractivity contribution >= 4 is 22.6 Å². The topological polar surface area (TPSA) is 27.0 Å². The molecule has 0 atom stereocenters. The van der Waals surface area contributed by atoms with Crippen molar-refractivity contribution in [1.82, 2.24) is 4.90 Å². The molecule has 2 nitrogen and oxygen atoms in total. The SMILES string of the molecule is CC(C)(C)C1(CC#N)CCN(Cc2ccc(I)cc2)CC1. The standard InChI is InChI=1S/C18H25IN2/c1-17(2,3)18(8-11-20)9-12-21(13-10-18)14-15-4-6-16(19)7-5-15/h4-7H,8-10,12-14H2,1-3H3. The zero-order valence-corrected chi connectivity index (χ0v) is 15.5. The van der Waals surface area contributed by atoms with Gasteiger partial charge in [-0.15, -0.1) is 0 Å². The predicted molar refractivity (Wildman–Crippen MR) is 95.8 cm³/mol. The van der Waals surface area contributed by atoms with E-state index in [1.165, 1.54) is 9.13 Å². The maximum absolute atomic E-state index is 9.21. The summed E-state index contributed by atoms with van der Waals surface area (Å²) in [4.78, 5) is 2.53. The van der Waals surface area contributed by atoms with Crippen molar-refractivity contribution in [3.05, 3.63) is 33.4 Å². The van der Waals surface area contributed by atoms with E-state index in [0.29, 0.717) is 6.42 Å². The lowest BCUT2D eigenvalue weighted by Gasteiger charge is -2.49. The molecule has 0 bridgehead atoms. The van der Waals surface area contributed by atoms with Crippen molar-refractivity contribution in [3.8, 4) is 6.07 Å². The summed E-state index contributed by atoms with van der Waals surface area (Å²) in [6.07, 6.45) is 2.96. The Labute approximate surface area is 142 Å². The number of piperidine rings is 1. The molecule has 114 valence electrons. The Morgan fingerprint density at radius 1 is 1.19 bits per heavy atom. The predicted octanol–water partition coefficient (Wildman–Crippen LogP) is 4.83. The van der Waals surface area contributed by atoms with Gasteiger partial charge in [-0.2, -0.15) is 5.26 Å². The van der Waals surface area contributed by atoms with E-state index in [9.17, 15) is 5.26 Å². The summed E-state index contributed by atoms with van der Waals surface area (Å²) >= 11 is 2.35. The highest BCUT2D eigenvalue weighted by atomic mass is 127. The molecule has 1 fully saturated rings. The van der Waals surface area contributed by atoms with E-state index in [4.69, 9.17) is 0 Å². The Hall–Kier alpha value is -0.600. The Balaban J connectivity index is 1.99. The minimum atomic E-state index is 0.185. The van der Waals surface area contributed by atoms with Gasteiger partial charge in [0.05, 0.1) is 6.07 Å². The van der Waals surface area contributed by atoms with Crippen LogP contribution in [0.2, 0.25) is 0 Å². The third-order valence-electron chi connectivity index (χ3n) is 5.14. The van der Waals surface area contributed by atoms with Gasteiger partial charge in [0.15, 0.2) is 0 Å². The van der Waals surface area contributed by atoms with E-state index in [2.05, 4.69) is 78.6 Å². The summed E-state index contributed by atoms with van der Waals surface area (Å²) in [6.45, 7) is 10.1. The van der Waals surface area contributed by atoms with Crippen LogP contribution in [0.25, 0.3) is 0 Å². The van der Waals surface area contributed by atoms with Gasteiger partial charge in [0.1, 0.15) is 0 Å². The first-order valence-corrected chi connectivity index (χ1v) is 8.78. The Morgan fingerprint density at radius 2 is 1.76 bits per heavy atom. The van der Waals surface area contributed by atoms with E-state index < -0.39 is 0 Å². The van der Waals surface area contributed by atoms with Crippen molar-refractivity contribution < 1.29 is 0 Å². The zero-order chi connectivity index (χ0) is 15.5. The Morgan fingerprint density at radius 3 is 2.24 bits per heavy atom. The molecule has 1 aliphatic rings. The van der Waals surface area contributed by atoms with Crippen molar-refractivity contribution in [2.45, 2.75) is 46.6 Å². The van der Waals surface area contributed by atoms with Crippen LogP contribution in [0.15, 0.2) is 24.3 Å². The van der Waals surface area contributed by atoms with Gasteiger partial charge >= 0.3 is 0 Å². The summed E-state index contributed by atoms with van der Waals surface area (Å²) in [6, 6.07) is 11.2. The molecule has 0 radical (unpaired) electrons. The summed E-state index contributed by atoms with van der Waals surface area (Å²) in [5.41, 5.74) is 1.78. The van der Waals surface area contributed by atoms with Crippen LogP contribution in [0.5, 0.6) is 0 Å². The number of halogens is 1. The lowest BCUT2D eigenvalue weighted by atomic mass is 9.60. The molecule has 1 aliphatic heterocycles. The fourth-order valence-corrected chi connectivity index (χ4v) is 3.69. The Kier molecular flexibility index (Phi) is 5.32. The fraction of sp³-hybridized carbons (Fsp3) is 0.611. The first kappa shape index (κ1) is 16.8. The Bertz CT molecular complexity index is 500. The number of rotatable bonds is 3. The molecule has 1 heterocycles. The molecule has 0 N–H and O–H groups in total. The normalized spacial score (nSPS) is 19.2. The lowest BCUT2D eigenvalue weighted by molar-refractivity contribution is 0.00711. The third-order valence-corrected chi connectivity index (χ3v) is 5.86. The maximum atomic E-state index is 9.21. The molecular weight excluding hydrogens is 371 g/mol. The maximum Gasteiger partial charge on any atom is 0.0627 e. The van der Waals surface area contributed by atoms with Gasteiger partial charge in [0.2, 0.25) is 0 Å². The van der Waals surface area contributed by atoms with Crippen molar-refractivity contribution in [2.75, 3.05) is 13.1 Å². The lowest BCUT2D eigenvalue weighted by Crippen LogP contribution is -2.46. The summed E-state index contributed by atoms with van der Waals surface area (Å²) in [5.74, 6) is 0. The van der Waals surface area contributed by atoms with Crippen LogP contribution < -0.4 is 0 Å². The van der Waals surface area contributed by atoms with E-state index in [1.807, 2.05) is 0 Å². The summed E-state index contributed by atoms with van der Waals surface area (Å²) in [5, 5.41) is 9.21. The van der Waals surface area contributed by atoms with Crippen LogP contribution in [0.4, 0.5) is 0 Å². The minimum absolute atomic E-state index is 0.185. The molecule has 0 unspecified atom stereocenters. The number of hydrogen-bond acceptors (Lipinski definition) is 2. The monoisotopic (exact) mass is 396 g/mol. The molecular formula is C18H25IN2. The largest absolute Gasteiger partial charge is 0.299 e.